The third-order valence-corrected chi connectivity index (χ3v) is 4.72. The van der Waals surface area contributed by atoms with Gasteiger partial charge in [0.05, 0.1) is 6.42 Å². The summed E-state index contributed by atoms with van der Waals surface area (Å²) in [5.74, 6) is -0.164. The van der Waals surface area contributed by atoms with E-state index in [0.717, 1.165) is 6.42 Å². The monoisotopic (exact) mass is 379 g/mol. The molecule has 0 aromatic heterocycles. The Labute approximate surface area is 170 Å². The molecular formula is C25H33NO2. The normalized spacial score (nSPS) is 13.8. The van der Waals surface area contributed by atoms with Crippen molar-refractivity contribution in [2.45, 2.75) is 58.2 Å². The molecule has 0 aliphatic carbocycles. The van der Waals surface area contributed by atoms with Gasteiger partial charge in [0, 0.05) is 18.6 Å². The molecule has 0 heterocycles. The van der Waals surface area contributed by atoms with Crippen molar-refractivity contribution < 1.29 is 9.53 Å². The van der Waals surface area contributed by atoms with Crippen LogP contribution in [0.2, 0.25) is 0 Å². The van der Waals surface area contributed by atoms with Crippen molar-refractivity contribution in [1.82, 2.24) is 4.90 Å². The van der Waals surface area contributed by atoms with Crippen LogP contribution < -0.4 is 0 Å². The number of benzene rings is 2. The molecule has 0 N–H and O–H groups in total. The quantitative estimate of drug-likeness (QED) is 0.421. The van der Waals surface area contributed by atoms with Gasteiger partial charge in [-0.2, -0.15) is 0 Å². The molecule has 2 unspecified atom stereocenters. The summed E-state index contributed by atoms with van der Waals surface area (Å²) < 4.78 is 5.63. The van der Waals surface area contributed by atoms with Crippen LogP contribution in [-0.2, 0) is 16.0 Å². The lowest BCUT2D eigenvalue weighted by molar-refractivity contribution is -0.156. The van der Waals surface area contributed by atoms with Crippen molar-refractivity contribution in [2.75, 3.05) is 6.54 Å². The molecule has 0 aliphatic rings. The van der Waals surface area contributed by atoms with Crippen molar-refractivity contribution >= 4 is 5.97 Å². The first kappa shape index (κ1) is 21.9. The molecule has 150 valence electrons. The summed E-state index contributed by atoms with van der Waals surface area (Å²) >= 11 is 0. The number of ether oxygens (including phenoxy) is 1. The molecule has 0 amide bonds. The van der Waals surface area contributed by atoms with Crippen LogP contribution in [-0.4, -0.2) is 29.1 Å². The first-order valence-corrected chi connectivity index (χ1v) is 9.97. The van der Waals surface area contributed by atoms with E-state index < -0.39 is 5.60 Å². The predicted molar refractivity (Wildman–Crippen MR) is 116 cm³/mol. The van der Waals surface area contributed by atoms with E-state index in [-0.39, 0.29) is 18.1 Å². The van der Waals surface area contributed by atoms with E-state index in [1.54, 1.807) is 0 Å². The third-order valence-electron chi connectivity index (χ3n) is 4.72. The lowest BCUT2D eigenvalue weighted by Crippen LogP contribution is -2.41. The molecule has 0 radical (unpaired) electrons. The summed E-state index contributed by atoms with van der Waals surface area (Å²) in [6.07, 6.45) is 3.04. The Balaban J connectivity index is 2.29. The van der Waals surface area contributed by atoms with Gasteiger partial charge in [0.15, 0.2) is 0 Å². The van der Waals surface area contributed by atoms with Crippen LogP contribution in [0.25, 0.3) is 0 Å². The maximum absolute atomic E-state index is 12.7. The van der Waals surface area contributed by atoms with Gasteiger partial charge in [-0.1, -0.05) is 66.7 Å². The average molecular weight is 380 g/mol. The van der Waals surface area contributed by atoms with Gasteiger partial charge >= 0.3 is 5.97 Å². The molecule has 0 saturated heterocycles. The zero-order chi connectivity index (χ0) is 20.6. The van der Waals surface area contributed by atoms with Crippen molar-refractivity contribution in [3.05, 3.63) is 84.4 Å². The van der Waals surface area contributed by atoms with Crippen molar-refractivity contribution in [3.8, 4) is 0 Å². The largest absolute Gasteiger partial charge is 0.460 e. The molecule has 0 aliphatic heterocycles. The molecular weight excluding hydrogens is 346 g/mol. The third kappa shape index (κ3) is 6.97. The Morgan fingerprint density at radius 3 is 2.18 bits per heavy atom. The number of hydrogen-bond donors (Lipinski definition) is 0. The maximum Gasteiger partial charge on any atom is 0.307 e. The summed E-state index contributed by atoms with van der Waals surface area (Å²) in [7, 11) is 0. The minimum Gasteiger partial charge on any atom is -0.460 e. The molecule has 0 saturated carbocycles. The van der Waals surface area contributed by atoms with Gasteiger partial charge in [-0.05, 0) is 45.2 Å². The van der Waals surface area contributed by atoms with Gasteiger partial charge in [-0.15, -0.1) is 6.58 Å². The zero-order valence-corrected chi connectivity index (χ0v) is 17.6. The Morgan fingerprint density at radius 1 is 1.07 bits per heavy atom. The number of carbonyl (C=O) groups is 1. The Kier molecular flexibility index (Phi) is 8.01. The molecule has 2 rings (SSSR count). The summed E-state index contributed by atoms with van der Waals surface area (Å²) in [5.41, 5.74) is 1.96. The van der Waals surface area contributed by atoms with E-state index >= 15 is 0 Å². The highest BCUT2D eigenvalue weighted by Crippen LogP contribution is 2.26. The highest BCUT2D eigenvalue weighted by atomic mass is 16.6. The lowest BCUT2D eigenvalue weighted by atomic mass is 9.97. The lowest BCUT2D eigenvalue weighted by Gasteiger charge is -2.36. The van der Waals surface area contributed by atoms with Gasteiger partial charge in [-0.25, -0.2) is 0 Å². The van der Waals surface area contributed by atoms with Crippen molar-refractivity contribution in [3.63, 3.8) is 0 Å². The molecule has 0 fully saturated rings. The Bertz CT molecular complexity index is 734. The second kappa shape index (κ2) is 10.2. The van der Waals surface area contributed by atoms with Crippen LogP contribution in [0, 0.1) is 0 Å². The number of rotatable bonds is 9. The second-order valence-electron chi connectivity index (χ2n) is 8.21. The van der Waals surface area contributed by atoms with E-state index in [1.807, 2.05) is 51.1 Å². The van der Waals surface area contributed by atoms with E-state index in [9.17, 15) is 4.79 Å². The standard InChI is InChI=1S/C25H33NO2/c1-6-17-26(20(2)22-15-11-8-12-16-22)23(18-21-13-9-7-10-14-21)19-24(27)28-25(3,4)5/h6-16,20,23H,1,17-19H2,2-5H3. The average Bonchev–Trinajstić information content (AvgIpc) is 2.65. The first-order valence-electron chi connectivity index (χ1n) is 9.97. The number of nitrogens with zero attached hydrogens (tertiary/aromatic N) is 1. The van der Waals surface area contributed by atoms with Crippen LogP contribution in [0.4, 0.5) is 0 Å². The predicted octanol–water partition coefficient (Wildman–Crippen LogP) is 5.58. The zero-order valence-electron chi connectivity index (χ0n) is 17.6. The summed E-state index contributed by atoms with van der Waals surface area (Å²) in [5, 5.41) is 0. The van der Waals surface area contributed by atoms with E-state index in [0.29, 0.717) is 13.0 Å². The van der Waals surface area contributed by atoms with Crippen molar-refractivity contribution in [1.29, 1.82) is 0 Å². The van der Waals surface area contributed by atoms with E-state index in [1.165, 1.54) is 11.1 Å². The van der Waals surface area contributed by atoms with Crippen LogP contribution in [0.1, 0.15) is 51.3 Å². The fourth-order valence-corrected chi connectivity index (χ4v) is 3.46. The van der Waals surface area contributed by atoms with Gasteiger partial charge in [0.2, 0.25) is 0 Å². The van der Waals surface area contributed by atoms with Crippen LogP contribution >= 0.6 is 0 Å². The number of esters is 1. The van der Waals surface area contributed by atoms with Crippen LogP contribution in [0.3, 0.4) is 0 Å². The SMILES string of the molecule is C=CCN(C(CC(=O)OC(C)(C)C)Cc1ccccc1)C(C)c1ccccc1. The molecule has 3 nitrogen and oxygen atoms in total. The van der Waals surface area contributed by atoms with E-state index in [4.69, 9.17) is 4.74 Å². The highest BCUT2D eigenvalue weighted by molar-refractivity contribution is 5.70. The smallest absolute Gasteiger partial charge is 0.307 e. The minimum atomic E-state index is -0.483. The summed E-state index contributed by atoms with van der Waals surface area (Å²) in [4.78, 5) is 15.0. The fourth-order valence-electron chi connectivity index (χ4n) is 3.46. The Hall–Kier alpha value is -2.39. The second-order valence-corrected chi connectivity index (χ2v) is 8.21. The summed E-state index contributed by atoms with van der Waals surface area (Å²) in [6, 6.07) is 20.9. The van der Waals surface area contributed by atoms with Crippen LogP contribution in [0.15, 0.2) is 73.3 Å². The first-order chi connectivity index (χ1) is 13.3. The molecule has 28 heavy (non-hydrogen) atoms. The topological polar surface area (TPSA) is 29.5 Å². The van der Waals surface area contributed by atoms with E-state index in [2.05, 4.69) is 54.8 Å². The molecule has 2 aromatic carbocycles. The van der Waals surface area contributed by atoms with Gasteiger partial charge in [-0.3, -0.25) is 9.69 Å². The van der Waals surface area contributed by atoms with Crippen molar-refractivity contribution in [2.24, 2.45) is 0 Å². The minimum absolute atomic E-state index is 0.0189. The highest BCUT2D eigenvalue weighted by Gasteiger charge is 2.28. The van der Waals surface area contributed by atoms with Gasteiger partial charge < -0.3 is 4.74 Å². The van der Waals surface area contributed by atoms with Gasteiger partial charge in [0.25, 0.3) is 0 Å². The Morgan fingerprint density at radius 2 is 1.64 bits per heavy atom. The summed E-state index contributed by atoms with van der Waals surface area (Å²) in [6.45, 7) is 12.6. The number of hydrogen-bond acceptors (Lipinski definition) is 3. The van der Waals surface area contributed by atoms with Crippen LogP contribution in [0.5, 0.6) is 0 Å². The molecule has 2 aromatic rings. The molecule has 2 atom stereocenters. The molecule has 3 heteroatoms. The molecule has 0 spiro atoms. The maximum atomic E-state index is 12.7. The fraction of sp³-hybridized carbons (Fsp3) is 0.400. The number of carbonyl (C=O) groups excluding carboxylic acids is 1. The molecule has 0 bridgehead atoms. The van der Waals surface area contributed by atoms with Gasteiger partial charge in [0.1, 0.15) is 5.60 Å².